The summed E-state index contributed by atoms with van der Waals surface area (Å²) in [5.41, 5.74) is -1.31. The summed E-state index contributed by atoms with van der Waals surface area (Å²) in [6.45, 7) is 3.23. The number of aryl methyl sites for hydroxylation is 1. The Hall–Kier alpha value is -3.02. The van der Waals surface area contributed by atoms with Gasteiger partial charge in [-0.25, -0.2) is 22.2 Å². The van der Waals surface area contributed by atoms with Crippen LogP contribution in [0.15, 0.2) is 30.3 Å². The van der Waals surface area contributed by atoms with Gasteiger partial charge in [0.15, 0.2) is 11.6 Å². The van der Waals surface area contributed by atoms with E-state index in [-0.39, 0.29) is 17.7 Å². The predicted molar refractivity (Wildman–Crippen MR) is 114 cm³/mol. The molecule has 0 bridgehead atoms. The van der Waals surface area contributed by atoms with E-state index in [9.17, 15) is 35.2 Å². The molecule has 2 aromatic rings. The van der Waals surface area contributed by atoms with Crippen LogP contribution in [0.3, 0.4) is 0 Å². The molecule has 1 atom stereocenters. The van der Waals surface area contributed by atoms with E-state index in [1.165, 1.54) is 19.1 Å². The van der Waals surface area contributed by atoms with Crippen LogP contribution in [0.2, 0.25) is 0 Å². The number of anilines is 1. The Kier molecular flexibility index (Phi) is 8.17. The molecule has 1 amide bonds. The van der Waals surface area contributed by atoms with Crippen LogP contribution in [0.5, 0.6) is 0 Å². The number of alkyl halides is 3. The normalized spacial score (nSPS) is 13.2. The Balaban J connectivity index is 2.18. The Morgan fingerprint density at radius 1 is 1.18 bits per heavy atom. The summed E-state index contributed by atoms with van der Waals surface area (Å²) in [6.07, 6.45) is -0.651. The fourth-order valence-electron chi connectivity index (χ4n) is 2.89. The van der Waals surface area contributed by atoms with Gasteiger partial charge in [-0.3, -0.25) is 9.52 Å². The van der Waals surface area contributed by atoms with Crippen LogP contribution in [-0.2, 0) is 27.4 Å². The van der Waals surface area contributed by atoms with Crippen molar-refractivity contribution in [3.8, 4) is 0 Å². The van der Waals surface area contributed by atoms with E-state index < -0.39 is 51.2 Å². The maximum absolute atomic E-state index is 14.2. The number of carbonyl (C=O) groups excluding carboxylic acids is 1. The second kappa shape index (κ2) is 10.3. The second-order valence-corrected chi connectivity index (χ2v) is 9.03. The van der Waals surface area contributed by atoms with E-state index in [4.69, 9.17) is 0 Å². The number of hydrogen-bond donors (Lipinski definition) is 2. The van der Waals surface area contributed by atoms with Crippen molar-refractivity contribution >= 4 is 27.7 Å². The molecule has 0 radical (unpaired) electrons. The van der Waals surface area contributed by atoms with Gasteiger partial charge in [-0.15, -0.1) is 0 Å². The summed E-state index contributed by atoms with van der Waals surface area (Å²) in [4.78, 5) is 15.9. The zero-order valence-corrected chi connectivity index (χ0v) is 18.7. The summed E-state index contributed by atoms with van der Waals surface area (Å²) < 4.78 is 91.2. The Morgan fingerprint density at radius 3 is 2.30 bits per heavy atom. The zero-order valence-electron chi connectivity index (χ0n) is 17.9. The largest absolute Gasteiger partial charge is 0.433 e. The summed E-state index contributed by atoms with van der Waals surface area (Å²) in [5.74, 6) is -2.98. The lowest BCUT2D eigenvalue weighted by molar-refractivity contribution is -0.141. The molecule has 0 spiro atoms. The standard InChI is InChI=1S/C21H22F5N3O3S/c1-4-5-17-13(6-8-18(28-17)21(24,25)26)7-9-19(30)27-12(2)14-10-15(22)20(16(23)11-14)29-33(3,31)32/h6-12,29H,4-5H2,1-3H3,(H,27,30). The predicted octanol–water partition coefficient (Wildman–Crippen LogP) is 4.59. The Morgan fingerprint density at radius 2 is 1.79 bits per heavy atom. The van der Waals surface area contributed by atoms with Crippen molar-refractivity contribution in [1.29, 1.82) is 0 Å². The van der Waals surface area contributed by atoms with E-state index in [0.29, 0.717) is 12.0 Å². The molecule has 0 aliphatic carbocycles. The number of carbonyl (C=O) groups is 1. The maximum atomic E-state index is 14.2. The number of sulfonamides is 1. The number of benzene rings is 1. The first-order valence-corrected chi connectivity index (χ1v) is 11.6. The van der Waals surface area contributed by atoms with Crippen LogP contribution >= 0.6 is 0 Å². The van der Waals surface area contributed by atoms with Gasteiger partial charge in [0.05, 0.1) is 12.3 Å². The first-order valence-electron chi connectivity index (χ1n) is 9.73. The van der Waals surface area contributed by atoms with E-state index in [1.807, 2.05) is 0 Å². The summed E-state index contributed by atoms with van der Waals surface area (Å²) in [5, 5.41) is 2.48. The zero-order chi connectivity index (χ0) is 25.0. The van der Waals surface area contributed by atoms with E-state index in [2.05, 4.69) is 10.3 Å². The van der Waals surface area contributed by atoms with E-state index in [1.54, 1.807) is 11.6 Å². The molecule has 33 heavy (non-hydrogen) atoms. The molecule has 1 unspecified atom stereocenters. The first kappa shape index (κ1) is 26.2. The molecule has 0 aliphatic heterocycles. The Bertz CT molecular complexity index is 1140. The smallest absolute Gasteiger partial charge is 0.346 e. The minimum Gasteiger partial charge on any atom is -0.346 e. The van der Waals surface area contributed by atoms with Gasteiger partial charge in [0.2, 0.25) is 15.9 Å². The first-order chi connectivity index (χ1) is 15.2. The maximum Gasteiger partial charge on any atom is 0.433 e. The van der Waals surface area contributed by atoms with E-state index in [0.717, 1.165) is 30.5 Å². The van der Waals surface area contributed by atoms with Crippen molar-refractivity contribution in [1.82, 2.24) is 10.3 Å². The molecule has 12 heteroatoms. The van der Waals surface area contributed by atoms with Crippen LogP contribution < -0.4 is 10.0 Å². The van der Waals surface area contributed by atoms with Crippen LogP contribution in [0.25, 0.3) is 6.08 Å². The fraction of sp³-hybridized carbons (Fsp3) is 0.333. The molecule has 2 rings (SSSR count). The molecule has 1 aromatic heterocycles. The average molecular weight is 491 g/mol. The lowest BCUT2D eigenvalue weighted by atomic mass is 10.1. The van der Waals surface area contributed by atoms with E-state index >= 15 is 0 Å². The molecule has 0 fully saturated rings. The quantitative estimate of drug-likeness (QED) is 0.418. The molecule has 0 saturated heterocycles. The third-order valence-corrected chi connectivity index (χ3v) is 4.99. The number of hydrogen-bond acceptors (Lipinski definition) is 4. The molecule has 0 aliphatic rings. The number of aromatic nitrogens is 1. The molecular weight excluding hydrogens is 469 g/mol. The number of halogens is 5. The highest BCUT2D eigenvalue weighted by Gasteiger charge is 2.32. The van der Waals surface area contributed by atoms with Crippen molar-refractivity contribution in [2.24, 2.45) is 0 Å². The summed E-state index contributed by atoms with van der Waals surface area (Å²) in [7, 11) is -3.90. The van der Waals surface area contributed by atoms with Gasteiger partial charge in [-0.1, -0.05) is 19.4 Å². The van der Waals surface area contributed by atoms with Gasteiger partial charge < -0.3 is 5.32 Å². The molecule has 1 heterocycles. The number of pyridine rings is 1. The van der Waals surface area contributed by atoms with Crippen LogP contribution in [0.4, 0.5) is 27.6 Å². The van der Waals surface area contributed by atoms with Crippen molar-refractivity contribution < 1.29 is 35.2 Å². The molecule has 180 valence electrons. The summed E-state index contributed by atoms with van der Waals surface area (Å²) >= 11 is 0. The highest BCUT2D eigenvalue weighted by molar-refractivity contribution is 7.92. The monoisotopic (exact) mass is 491 g/mol. The molecule has 2 N–H and O–H groups in total. The Labute approximate surface area is 188 Å². The van der Waals surface area contributed by atoms with Gasteiger partial charge in [0.1, 0.15) is 11.4 Å². The molecule has 1 aromatic carbocycles. The van der Waals surface area contributed by atoms with Crippen LogP contribution in [0, 0.1) is 11.6 Å². The van der Waals surface area contributed by atoms with Crippen LogP contribution in [0.1, 0.15) is 48.8 Å². The lowest BCUT2D eigenvalue weighted by Crippen LogP contribution is -2.25. The van der Waals surface area contributed by atoms with Crippen molar-refractivity contribution in [2.45, 2.75) is 38.9 Å². The third kappa shape index (κ3) is 7.52. The SMILES string of the molecule is CCCc1nc(C(F)(F)F)ccc1C=CC(=O)NC(C)c1cc(F)c(NS(C)(=O)=O)c(F)c1. The topological polar surface area (TPSA) is 88.2 Å². The molecule has 6 nitrogen and oxygen atoms in total. The third-order valence-electron chi connectivity index (χ3n) is 4.41. The summed E-state index contributed by atoms with van der Waals surface area (Å²) in [6, 6.07) is 2.93. The lowest BCUT2D eigenvalue weighted by Gasteiger charge is -2.15. The van der Waals surface area contributed by atoms with Crippen molar-refractivity contribution in [3.05, 3.63) is 64.5 Å². The number of nitrogens with one attached hydrogen (secondary N) is 2. The second-order valence-electron chi connectivity index (χ2n) is 7.28. The highest BCUT2D eigenvalue weighted by Crippen LogP contribution is 2.29. The number of amides is 1. The van der Waals surface area contributed by atoms with Gasteiger partial charge >= 0.3 is 6.18 Å². The fourth-order valence-corrected chi connectivity index (χ4v) is 3.46. The minimum absolute atomic E-state index is 0.0358. The van der Waals surface area contributed by atoms with Crippen LogP contribution in [-0.4, -0.2) is 25.6 Å². The van der Waals surface area contributed by atoms with Gasteiger partial charge in [0, 0.05) is 11.8 Å². The number of rotatable bonds is 8. The van der Waals surface area contributed by atoms with Crippen molar-refractivity contribution in [3.63, 3.8) is 0 Å². The average Bonchev–Trinajstić information content (AvgIpc) is 2.68. The molecule has 0 saturated carbocycles. The van der Waals surface area contributed by atoms with Crippen molar-refractivity contribution in [2.75, 3.05) is 11.0 Å². The number of nitrogens with zero attached hydrogens (tertiary/aromatic N) is 1. The van der Waals surface area contributed by atoms with Gasteiger partial charge in [-0.05, 0) is 48.7 Å². The van der Waals surface area contributed by atoms with Gasteiger partial charge in [-0.2, -0.15) is 13.2 Å². The minimum atomic E-state index is -4.59. The molecular formula is C21H22F5N3O3S. The highest BCUT2D eigenvalue weighted by atomic mass is 32.2. The van der Waals surface area contributed by atoms with Gasteiger partial charge in [0.25, 0.3) is 0 Å².